The molecule has 14 heavy (non-hydrogen) atoms. The maximum Gasteiger partial charge on any atom is 0.239 e. The molecule has 0 amide bonds. The molecule has 2 rings (SSSR count). The highest BCUT2D eigenvalue weighted by Crippen LogP contribution is 2.18. The van der Waals surface area contributed by atoms with Gasteiger partial charge in [0.05, 0.1) is 13.2 Å². The lowest BCUT2D eigenvalue weighted by atomic mass is 10.4. The summed E-state index contributed by atoms with van der Waals surface area (Å²) in [5.74, 6) is 0.828. The molecule has 1 fully saturated rings. The van der Waals surface area contributed by atoms with E-state index in [1.807, 2.05) is 0 Å². The number of hydrogen-bond acceptors (Lipinski definition) is 6. The van der Waals surface area contributed by atoms with Gasteiger partial charge in [0.15, 0.2) is 0 Å². The van der Waals surface area contributed by atoms with E-state index >= 15 is 0 Å². The monoisotopic (exact) mass is 214 g/mol. The summed E-state index contributed by atoms with van der Waals surface area (Å²) in [6, 6.07) is 0. The zero-order valence-electron chi connectivity index (χ0n) is 8.19. The molecule has 1 N–H and O–H groups in total. The van der Waals surface area contributed by atoms with Crippen molar-refractivity contribution >= 4 is 22.6 Å². The van der Waals surface area contributed by atoms with Crippen LogP contribution in [-0.4, -0.2) is 42.2 Å². The second kappa shape index (κ2) is 4.56. The molecule has 0 radical (unpaired) electrons. The van der Waals surface area contributed by atoms with Gasteiger partial charge in [0.25, 0.3) is 0 Å². The molecular formula is C8H14N4OS. The van der Waals surface area contributed by atoms with Gasteiger partial charge in [-0.2, -0.15) is 9.36 Å². The Hall–Kier alpha value is -0.880. The molecule has 1 aromatic heterocycles. The van der Waals surface area contributed by atoms with Gasteiger partial charge in [-0.1, -0.05) is 0 Å². The van der Waals surface area contributed by atoms with Crippen molar-refractivity contribution in [2.24, 2.45) is 0 Å². The van der Waals surface area contributed by atoms with Crippen LogP contribution in [0.25, 0.3) is 0 Å². The van der Waals surface area contributed by atoms with Gasteiger partial charge < -0.3 is 15.0 Å². The average Bonchev–Trinajstić information content (AvgIpc) is 2.68. The highest BCUT2D eigenvalue weighted by atomic mass is 32.1. The van der Waals surface area contributed by atoms with Crippen molar-refractivity contribution in [2.75, 3.05) is 43.1 Å². The Bertz CT molecular complexity index is 285. The summed E-state index contributed by atoms with van der Waals surface area (Å²) in [5.41, 5.74) is 0. The molecule has 1 aromatic rings. The number of rotatable bonds is 3. The maximum atomic E-state index is 5.27. The zero-order chi connectivity index (χ0) is 9.80. The Morgan fingerprint density at radius 2 is 2.29 bits per heavy atom. The molecule has 1 aliphatic rings. The van der Waals surface area contributed by atoms with Crippen molar-refractivity contribution in [1.29, 1.82) is 0 Å². The summed E-state index contributed by atoms with van der Waals surface area (Å²) >= 11 is 1.41. The fourth-order valence-corrected chi connectivity index (χ4v) is 1.99. The summed E-state index contributed by atoms with van der Waals surface area (Å²) in [5, 5.41) is 4.05. The molecular weight excluding hydrogens is 200 g/mol. The Labute approximate surface area is 87.3 Å². The van der Waals surface area contributed by atoms with Crippen molar-refractivity contribution in [1.82, 2.24) is 9.36 Å². The zero-order valence-corrected chi connectivity index (χ0v) is 9.01. The van der Waals surface area contributed by atoms with Gasteiger partial charge in [-0.25, -0.2) is 0 Å². The predicted molar refractivity (Wildman–Crippen MR) is 57.1 cm³/mol. The van der Waals surface area contributed by atoms with Gasteiger partial charge in [0, 0.05) is 31.2 Å². The fraction of sp³-hybridized carbons (Fsp3) is 0.750. The third-order valence-corrected chi connectivity index (χ3v) is 2.70. The van der Waals surface area contributed by atoms with Crippen LogP contribution < -0.4 is 10.2 Å². The van der Waals surface area contributed by atoms with E-state index in [1.165, 1.54) is 11.5 Å². The first-order valence-electron chi connectivity index (χ1n) is 4.80. The molecule has 0 aromatic carbocycles. The third-order valence-electron chi connectivity index (χ3n) is 2.04. The number of morpholine rings is 1. The summed E-state index contributed by atoms with van der Waals surface area (Å²) in [6.07, 6.45) is 0. The van der Waals surface area contributed by atoms with Gasteiger partial charge in [0.1, 0.15) is 0 Å². The standard InChI is InChI=1S/C8H14N4OS/c1-2-9-8-10-7(11-14-8)12-3-5-13-6-4-12/h2-6H2,1H3,(H,9,10,11). The quantitative estimate of drug-likeness (QED) is 0.806. The van der Waals surface area contributed by atoms with E-state index in [0.29, 0.717) is 0 Å². The molecule has 2 heterocycles. The Balaban J connectivity index is 2.00. The molecule has 0 unspecified atom stereocenters. The van der Waals surface area contributed by atoms with Crippen molar-refractivity contribution in [3.05, 3.63) is 0 Å². The SMILES string of the molecule is CCNc1nc(N2CCOCC2)ns1. The largest absolute Gasteiger partial charge is 0.378 e. The summed E-state index contributed by atoms with van der Waals surface area (Å²) in [7, 11) is 0. The second-order valence-corrected chi connectivity index (χ2v) is 3.78. The predicted octanol–water partition coefficient (Wildman–Crippen LogP) is 0.806. The van der Waals surface area contributed by atoms with Gasteiger partial charge in [-0.15, -0.1) is 0 Å². The van der Waals surface area contributed by atoms with Crippen LogP contribution in [0.2, 0.25) is 0 Å². The molecule has 0 aliphatic carbocycles. The van der Waals surface area contributed by atoms with E-state index < -0.39 is 0 Å². The lowest BCUT2D eigenvalue weighted by Gasteiger charge is -2.25. The number of ether oxygens (including phenoxy) is 1. The van der Waals surface area contributed by atoms with E-state index in [9.17, 15) is 0 Å². The van der Waals surface area contributed by atoms with Crippen molar-refractivity contribution < 1.29 is 4.74 Å². The average molecular weight is 214 g/mol. The number of hydrogen-bond donors (Lipinski definition) is 1. The van der Waals surface area contributed by atoms with Crippen LogP contribution in [-0.2, 0) is 4.74 Å². The number of aromatic nitrogens is 2. The topological polar surface area (TPSA) is 50.3 Å². The minimum absolute atomic E-state index is 0.774. The summed E-state index contributed by atoms with van der Waals surface area (Å²) < 4.78 is 9.56. The van der Waals surface area contributed by atoms with Crippen LogP contribution in [0.5, 0.6) is 0 Å². The number of nitrogens with zero attached hydrogens (tertiary/aromatic N) is 3. The molecule has 6 heteroatoms. The molecule has 78 valence electrons. The third kappa shape index (κ3) is 2.13. The van der Waals surface area contributed by atoms with E-state index in [1.54, 1.807) is 0 Å². The van der Waals surface area contributed by atoms with Gasteiger partial charge in [-0.05, 0) is 6.92 Å². The van der Waals surface area contributed by atoms with Crippen LogP contribution in [0.4, 0.5) is 11.1 Å². The van der Waals surface area contributed by atoms with Crippen LogP contribution in [0.15, 0.2) is 0 Å². The maximum absolute atomic E-state index is 5.27. The van der Waals surface area contributed by atoms with E-state index in [-0.39, 0.29) is 0 Å². The van der Waals surface area contributed by atoms with Crippen molar-refractivity contribution in [2.45, 2.75) is 6.92 Å². The Morgan fingerprint density at radius 1 is 1.50 bits per heavy atom. The van der Waals surface area contributed by atoms with Crippen molar-refractivity contribution in [3.63, 3.8) is 0 Å². The van der Waals surface area contributed by atoms with Crippen LogP contribution in [0.3, 0.4) is 0 Å². The number of anilines is 2. The van der Waals surface area contributed by atoms with E-state index in [0.717, 1.165) is 43.9 Å². The molecule has 1 saturated heterocycles. The lowest BCUT2D eigenvalue weighted by Crippen LogP contribution is -2.36. The van der Waals surface area contributed by atoms with E-state index in [4.69, 9.17) is 4.74 Å². The molecule has 0 spiro atoms. The molecule has 0 bridgehead atoms. The summed E-state index contributed by atoms with van der Waals surface area (Å²) in [6.45, 7) is 6.27. The fourth-order valence-electron chi connectivity index (χ4n) is 1.33. The number of nitrogens with one attached hydrogen (secondary N) is 1. The summed E-state index contributed by atoms with van der Waals surface area (Å²) in [4.78, 5) is 6.54. The normalized spacial score (nSPS) is 17.1. The smallest absolute Gasteiger partial charge is 0.239 e. The highest BCUT2D eigenvalue weighted by Gasteiger charge is 2.15. The molecule has 1 aliphatic heterocycles. The minimum atomic E-state index is 0.774. The first-order valence-corrected chi connectivity index (χ1v) is 5.57. The van der Waals surface area contributed by atoms with Crippen molar-refractivity contribution in [3.8, 4) is 0 Å². The van der Waals surface area contributed by atoms with E-state index in [2.05, 4.69) is 26.5 Å². The minimum Gasteiger partial charge on any atom is -0.378 e. The Kier molecular flexibility index (Phi) is 3.15. The second-order valence-electron chi connectivity index (χ2n) is 3.03. The Morgan fingerprint density at radius 3 is 3.00 bits per heavy atom. The van der Waals surface area contributed by atoms with Crippen LogP contribution in [0, 0.1) is 0 Å². The molecule has 0 saturated carbocycles. The van der Waals surface area contributed by atoms with Gasteiger partial charge >= 0.3 is 0 Å². The van der Waals surface area contributed by atoms with Crippen LogP contribution in [0.1, 0.15) is 6.92 Å². The first kappa shape index (κ1) is 9.67. The van der Waals surface area contributed by atoms with Gasteiger partial charge in [-0.3, -0.25) is 0 Å². The first-order chi connectivity index (χ1) is 6.90. The molecule has 0 atom stereocenters. The van der Waals surface area contributed by atoms with Crippen LogP contribution >= 0.6 is 11.5 Å². The lowest BCUT2D eigenvalue weighted by molar-refractivity contribution is 0.122. The van der Waals surface area contributed by atoms with Gasteiger partial charge in [0.2, 0.25) is 11.1 Å². The highest BCUT2D eigenvalue weighted by molar-refractivity contribution is 7.09. The molecule has 5 nitrogen and oxygen atoms in total.